The number of benzene rings is 2. The van der Waals surface area contributed by atoms with E-state index >= 15 is 0 Å². The van der Waals surface area contributed by atoms with Gasteiger partial charge in [-0.05, 0) is 42.0 Å². The summed E-state index contributed by atoms with van der Waals surface area (Å²) in [6.45, 7) is 1.45. The monoisotopic (exact) mass is 424 g/mol. The van der Waals surface area contributed by atoms with Crippen molar-refractivity contribution in [2.45, 2.75) is 6.92 Å². The number of hydrogen-bond donors (Lipinski definition) is 1. The Labute approximate surface area is 183 Å². The number of nitrogens with zero attached hydrogens (tertiary/aromatic N) is 5. The molecule has 1 N–H and O–H groups in total. The van der Waals surface area contributed by atoms with Crippen LogP contribution in [-0.2, 0) is 11.8 Å². The van der Waals surface area contributed by atoms with Crippen LogP contribution < -0.4 is 10.9 Å². The third-order valence-corrected chi connectivity index (χ3v) is 5.19. The second-order valence-corrected chi connectivity index (χ2v) is 7.55. The summed E-state index contributed by atoms with van der Waals surface area (Å²) in [5, 5.41) is 7.05. The van der Waals surface area contributed by atoms with Gasteiger partial charge in [-0.15, -0.1) is 0 Å². The number of nitrogens with one attached hydrogen (secondary N) is 1. The molecule has 0 bridgehead atoms. The van der Waals surface area contributed by atoms with Crippen molar-refractivity contribution >= 4 is 22.6 Å². The minimum absolute atomic E-state index is 0.157. The molecule has 8 heteroatoms. The Morgan fingerprint density at radius 1 is 0.969 bits per heavy atom. The number of imidazole rings is 1. The first-order chi connectivity index (χ1) is 15.5. The van der Waals surface area contributed by atoms with Crippen LogP contribution in [0, 0.1) is 0 Å². The molecule has 0 spiro atoms. The zero-order valence-electron chi connectivity index (χ0n) is 17.6. The molecule has 1 amide bonds. The molecule has 3 heterocycles. The van der Waals surface area contributed by atoms with Gasteiger partial charge in [-0.1, -0.05) is 12.1 Å². The minimum Gasteiger partial charge on any atom is -0.326 e. The summed E-state index contributed by atoms with van der Waals surface area (Å²) in [6, 6.07) is 16.5. The van der Waals surface area contributed by atoms with Gasteiger partial charge in [0, 0.05) is 43.7 Å². The van der Waals surface area contributed by atoms with Gasteiger partial charge in [-0.25, -0.2) is 4.98 Å². The lowest BCUT2D eigenvalue weighted by atomic mass is 10.1. The number of carbonyl (C=O) groups excluding carboxylic acids is 1. The van der Waals surface area contributed by atoms with Gasteiger partial charge in [0.1, 0.15) is 6.33 Å². The topological polar surface area (TPSA) is 86.7 Å². The van der Waals surface area contributed by atoms with Crippen molar-refractivity contribution in [2.24, 2.45) is 7.05 Å². The van der Waals surface area contributed by atoms with Crippen LogP contribution >= 0.6 is 0 Å². The quantitative estimate of drug-likeness (QED) is 0.478. The standard InChI is InChI=1S/C24H20N6O2/c1-16(31)27-19-10-20(29-8-4-3-5-24(29)32)12-21(11-19)30-15-25-22-9-17(6-7-23(22)30)18-13-26-28(2)14-18/h3-15H,1-2H3,(H,27,31). The average molecular weight is 424 g/mol. The molecule has 158 valence electrons. The highest BCUT2D eigenvalue weighted by Gasteiger charge is 2.11. The van der Waals surface area contributed by atoms with Crippen molar-refractivity contribution in [1.82, 2.24) is 23.9 Å². The highest BCUT2D eigenvalue weighted by molar-refractivity contribution is 5.90. The van der Waals surface area contributed by atoms with Crippen molar-refractivity contribution in [3.63, 3.8) is 0 Å². The van der Waals surface area contributed by atoms with E-state index in [9.17, 15) is 9.59 Å². The second kappa shape index (κ2) is 7.66. The van der Waals surface area contributed by atoms with Crippen LogP contribution in [0.2, 0.25) is 0 Å². The zero-order valence-corrected chi connectivity index (χ0v) is 17.6. The Bertz CT molecular complexity index is 1530. The third-order valence-electron chi connectivity index (χ3n) is 5.19. The maximum absolute atomic E-state index is 12.4. The van der Waals surface area contributed by atoms with Gasteiger partial charge < -0.3 is 5.32 Å². The van der Waals surface area contributed by atoms with Crippen LogP contribution in [0.4, 0.5) is 5.69 Å². The predicted molar refractivity (Wildman–Crippen MR) is 123 cm³/mol. The summed E-state index contributed by atoms with van der Waals surface area (Å²) in [5.74, 6) is -0.190. The minimum atomic E-state index is -0.190. The number of fused-ring (bicyclic) bond motifs is 1. The van der Waals surface area contributed by atoms with Gasteiger partial charge in [0.2, 0.25) is 5.91 Å². The molecule has 5 aromatic rings. The van der Waals surface area contributed by atoms with E-state index in [0.29, 0.717) is 11.4 Å². The van der Waals surface area contributed by atoms with Gasteiger partial charge in [0.15, 0.2) is 0 Å². The number of pyridine rings is 1. The van der Waals surface area contributed by atoms with Crippen LogP contribution in [0.25, 0.3) is 33.5 Å². The number of carbonyl (C=O) groups is 1. The first-order valence-electron chi connectivity index (χ1n) is 10.1. The van der Waals surface area contributed by atoms with Crippen LogP contribution in [-0.4, -0.2) is 29.8 Å². The lowest BCUT2D eigenvalue weighted by molar-refractivity contribution is -0.114. The molecule has 0 unspecified atom stereocenters. The lowest BCUT2D eigenvalue weighted by Crippen LogP contribution is -2.16. The number of anilines is 1. The summed E-state index contributed by atoms with van der Waals surface area (Å²) in [5.41, 5.74) is 5.63. The molecule has 0 aliphatic carbocycles. The Morgan fingerprint density at radius 3 is 2.50 bits per heavy atom. The molecule has 3 aromatic heterocycles. The van der Waals surface area contributed by atoms with E-state index in [0.717, 1.165) is 27.8 Å². The zero-order chi connectivity index (χ0) is 22.2. The Kier molecular flexibility index (Phi) is 4.67. The number of aryl methyl sites for hydroxylation is 1. The van der Waals surface area contributed by atoms with Crippen molar-refractivity contribution in [3.05, 3.63) is 89.9 Å². The largest absolute Gasteiger partial charge is 0.326 e. The smallest absolute Gasteiger partial charge is 0.255 e. The van der Waals surface area contributed by atoms with Gasteiger partial charge in [0.25, 0.3) is 5.56 Å². The highest BCUT2D eigenvalue weighted by atomic mass is 16.1. The highest BCUT2D eigenvalue weighted by Crippen LogP contribution is 2.27. The molecule has 0 saturated heterocycles. The number of hydrogen-bond acceptors (Lipinski definition) is 4. The van der Waals surface area contributed by atoms with Crippen LogP contribution in [0.15, 0.2) is 84.3 Å². The summed E-state index contributed by atoms with van der Waals surface area (Å²) in [6.07, 6.45) is 7.21. The summed E-state index contributed by atoms with van der Waals surface area (Å²) in [4.78, 5) is 28.7. The molecule has 8 nitrogen and oxygen atoms in total. The van der Waals surface area contributed by atoms with E-state index in [4.69, 9.17) is 0 Å². The van der Waals surface area contributed by atoms with Gasteiger partial charge in [-0.3, -0.25) is 23.4 Å². The molecular formula is C24H20N6O2. The fourth-order valence-corrected chi connectivity index (χ4v) is 3.76. The van der Waals surface area contributed by atoms with Crippen molar-refractivity contribution < 1.29 is 4.79 Å². The molecule has 0 radical (unpaired) electrons. The van der Waals surface area contributed by atoms with Crippen LogP contribution in [0.3, 0.4) is 0 Å². The average Bonchev–Trinajstić information content (AvgIpc) is 3.39. The summed E-state index contributed by atoms with van der Waals surface area (Å²) < 4.78 is 5.23. The fraction of sp³-hybridized carbons (Fsp3) is 0.0833. The first kappa shape index (κ1) is 19.5. The maximum Gasteiger partial charge on any atom is 0.255 e. The van der Waals surface area contributed by atoms with Gasteiger partial charge in [-0.2, -0.15) is 5.10 Å². The third kappa shape index (κ3) is 3.58. The van der Waals surface area contributed by atoms with E-state index in [1.807, 2.05) is 54.3 Å². The van der Waals surface area contributed by atoms with Crippen LogP contribution in [0.5, 0.6) is 0 Å². The molecule has 2 aromatic carbocycles. The lowest BCUT2D eigenvalue weighted by Gasteiger charge is -2.13. The van der Waals surface area contributed by atoms with E-state index in [1.54, 1.807) is 35.4 Å². The molecular weight excluding hydrogens is 404 g/mol. The summed E-state index contributed by atoms with van der Waals surface area (Å²) >= 11 is 0. The molecule has 5 rings (SSSR count). The molecule has 32 heavy (non-hydrogen) atoms. The number of aromatic nitrogens is 5. The van der Waals surface area contributed by atoms with E-state index in [2.05, 4.69) is 15.4 Å². The number of rotatable bonds is 4. The Morgan fingerprint density at radius 2 is 1.78 bits per heavy atom. The first-order valence-corrected chi connectivity index (χ1v) is 10.1. The second-order valence-electron chi connectivity index (χ2n) is 7.55. The van der Waals surface area contributed by atoms with E-state index in [1.165, 1.54) is 17.6 Å². The van der Waals surface area contributed by atoms with Gasteiger partial charge in [0.05, 0.1) is 28.6 Å². The molecule has 0 aliphatic heterocycles. The Balaban J connectivity index is 1.65. The predicted octanol–water partition coefficient (Wildman–Crippen LogP) is 3.54. The maximum atomic E-state index is 12.4. The summed E-state index contributed by atoms with van der Waals surface area (Å²) in [7, 11) is 1.88. The SMILES string of the molecule is CC(=O)Nc1cc(-n2ccccc2=O)cc(-n2cnc3cc(-c4cnn(C)c4)ccc32)c1. The molecule has 0 fully saturated rings. The van der Waals surface area contributed by atoms with Crippen molar-refractivity contribution in [1.29, 1.82) is 0 Å². The Hall–Kier alpha value is -4.46. The molecule has 0 atom stereocenters. The molecule has 0 aliphatic rings. The number of amides is 1. The molecule has 0 saturated carbocycles. The van der Waals surface area contributed by atoms with Gasteiger partial charge >= 0.3 is 0 Å². The van der Waals surface area contributed by atoms with E-state index in [-0.39, 0.29) is 11.5 Å². The van der Waals surface area contributed by atoms with E-state index < -0.39 is 0 Å². The van der Waals surface area contributed by atoms with Crippen LogP contribution in [0.1, 0.15) is 6.92 Å². The fourth-order valence-electron chi connectivity index (χ4n) is 3.76. The normalized spacial score (nSPS) is 11.1. The van der Waals surface area contributed by atoms with Crippen molar-refractivity contribution in [3.8, 4) is 22.5 Å². The van der Waals surface area contributed by atoms with Crippen molar-refractivity contribution in [2.75, 3.05) is 5.32 Å².